The molecule has 0 spiro atoms. The average Bonchev–Trinajstić information content (AvgIpc) is 2.89. The van der Waals surface area contributed by atoms with Crippen molar-refractivity contribution in [3.63, 3.8) is 0 Å². The zero-order chi connectivity index (χ0) is 24.4. The molecule has 0 bridgehead atoms. The van der Waals surface area contributed by atoms with Crippen LogP contribution in [0.5, 0.6) is 0 Å². The zero-order valence-electron chi connectivity index (χ0n) is 19.3. The highest BCUT2D eigenvalue weighted by Gasteiger charge is 2.15. The molecule has 2 aromatic heterocycles. The molecule has 2 aromatic carbocycles. The number of hydrogen-bond donors (Lipinski definition) is 2. The first-order chi connectivity index (χ1) is 17.0. The summed E-state index contributed by atoms with van der Waals surface area (Å²) in [5.41, 5.74) is 4.14. The van der Waals surface area contributed by atoms with Crippen LogP contribution >= 0.6 is 11.6 Å². The molecular weight excluding hydrogens is 464 g/mol. The van der Waals surface area contributed by atoms with Gasteiger partial charge in [-0.3, -0.25) is 30.3 Å². The van der Waals surface area contributed by atoms with Gasteiger partial charge in [0.1, 0.15) is 5.82 Å². The fourth-order valence-electron chi connectivity index (χ4n) is 4.18. The van der Waals surface area contributed by atoms with Crippen LogP contribution in [-0.4, -0.2) is 64.1 Å². The van der Waals surface area contributed by atoms with Crippen LogP contribution in [-0.2, 0) is 11.3 Å². The maximum Gasteiger partial charge on any atom is 0.229 e. The number of anilines is 2. The summed E-state index contributed by atoms with van der Waals surface area (Å²) in [7, 11) is 1.90. The van der Waals surface area contributed by atoms with Crippen LogP contribution < -0.4 is 10.5 Å². The van der Waals surface area contributed by atoms with E-state index in [1.165, 1.54) is 4.57 Å². The predicted octanol–water partition coefficient (Wildman–Crippen LogP) is 3.68. The van der Waals surface area contributed by atoms with Gasteiger partial charge in [0.2, 0.25) is 5.62 Å². The molecule has 1 aliphatic rings. The Labute approximate surface area is 207 Å². The molecule has 0 atom stereocenters. The molecule has 0 saturated carbocycles. The van der Waals surface area contributed by atoms with Gasteiger partial charge in [-0.05, 0) is 30.3 Å². The highest BCUT2D eigenvalue weighted by atomic mass is 35.5. The van der Waals surface area contributed by atoms with Crippen molar-refractivity contribution in [2.45, 2.75) is 6.54 Å². The van der Waals surface area contributed by atoms with Crippen molar-refractivity contribution in [3.8, 4) is 11.3 Å². The zero-order valence-corrected chi connectivity index (χ0v) is 20.0. The average molecular weight is 489 g/mol. The van der Waals surface area contributed by atoms with E-state index in [4.69, 9.17) is 27.2 Å². The third kappa shape index (κ3) is 4.79. The lowest BCUT2D eigenvalue weighted by molar-refractivity contribution is 0.0336. The molecule has 4 aromatic rings. The topological polar surface area (TPSA) is 107 Å². The minimum atomic E-state index is -0.0468. The molecule has 1 fully saturated rings. The Balaban J connectivity index is 1.45. The third-order valence-electron chi connectivity index (χ3n) is 6.07. The van der Waals surface area contributed by atoms with Crippen LogP contribution in [0.2, 0.25) is 5.02 Å². The van der Waals surface area contributed by atoms with Gasteiger partial charge < -0.3 is 9.64 Å². The van der Waals surface area contributed by atoms with Crippen molar-refractivity contribution < 1.29 is 4.74 Å². The van der Waals surface area contributed by atoms with Crippen molar-refractivity contribution >= 4 is 40.3 Å². The monoisotopic (exact) mass is 488 g/mol. The normalized spacial score (nSPS) is 14.2. The molecule has 3 heterocycles. The molecule has 5 rings (SSSR count). The van der Waals surface area contributed by atoms with E-state index in [0.29, 0.717) is 16.4 Å². The lowest BCUT2D eigenvalue weighted by Gasteiger charge is -2.26. The van der Waals surface area contributed by atoms with Gasteiger partial charge >= 0.3 is 0 Å². The number of rotatable bonds is 6. The molecule has 35 heavy (non-hydrogen) atoms. The van der Waals surface area contributed by atoms with Crippen molar-refractivity contribution in [1.82, 2.24) is 24.4 Å². The third-order valence-corrected chi connectivity index (χ3v) is 6.31. The van der Waals surface area contributed by atoms with E-state index >= 15 is 0 Å². The van der Waals surface area contributed by atoms with Crippen LogP contribution in [0, 0.1) is 10.8 Å². The van der Waals surface area contributed by atoms with E-state index in [2.05, 4.69) is 19.9 Å². The van der Waals surface area contributed by atoms with Crippen LogP contribution in [0.25, 0.3) is 22.2 Å². The minimum absolute atomic E-state index is 0.0468. The number of aromatic nitrogens is 4. The van der Waals surface area contributed by atoms with Crippen molar-refractivity contribution in [2.75, 3.05) is 38.3 Å². The van der Waals surface area contributed by atoms with E-state index < -0.39 is 0 Å². The molecule has 0 amide bonds. The van der Waals surface area contributed by atoms with Gasteiger partial charge in [0.05, 0.1) is 48.9 Å². The van der Waals surface area contributed by atoms with E-state index in [1.54, 1.807) is 12.1 Å². The Morgan fingerprint density at radius 2 is 1.94 bits per heavy atom. The number of ether oxygens (including phenoxy) is 1. The second-order valence-electron chi connectivity index (χ2n) is 8.31. The van der Waals surface area contributed by atoms with Gasteiger partial charge in [-0.15, -0.1) is 0 Å². The second kappa shape index (κ2) is 9.91. The Kier molecular flexibility index (Phi) is 6.54. The maximum atomic E-state index is 8.31. The SMILES string of the molecule is CN(c1cccc(-c2cnc(CN3CCOCC3)cn2)c1)c1nc(=N)n(C=N)c2cc(Cl)ccc12. The van der Waals surface area contributed by atoms with E-state index in [1.807, 2.05) is 54.7 Å². The van der Waals surface area contributed by atoms with E-state index in [-0.39, 0.29) is 5.62 Å². The highest BCUT2D eigenvalue weighted by molar-refractivity contribution is 6.31. The summed E-state index contributed by atoms with van der Waals surface area (Å²) in [5, 5.41) is 17.3. The number of halogens is 1. The number of fused-ring (bicyclic) bond motifs is 1. The van der Waals surface area contributed by atoms with E-state index in [0.717, 1.165) is 67.2 Å². The van der Waals surface area contributed by atoms with E-state index in [9.17, 15) is 0 Å². The molecule has 9 nitrogen and oxygen atoms in total. The first-order valence-corrected chi connectivity index (χ1v) is 11.6. The molecule has 2 N–H and O–H groups in total. The summed E-state index contributed by atoms with van der Waals surface area (Å²) >= 11 is 6.20. The maximum absolute atomic E-state index is 8.31. The summed E-state index contributed by atoms with van der Waals surface area (Å²) < 4.78 is 6.80. The molecule has 1 aliphatic heterocycles. The fourth-order valence-corrected chi connectivity index (χ4v) is 4.34. The lowest BCUT2D eigenvalue weighted by atomic mass is 10.1. The molecule has 10 heteroatoms. The Bertz CT molecular complexity index is 1430. The molecule has 0 aliphatic carbocycles. The number of morpholine rings is 1. The Morgan fingerprint density at radius 1 is 1.11 bits per heavy atom. The Hall–Kier alpha value is -3.66. The van der Waals surface area contributed by atoms with Gasteiger partial charge in [0, 0.05) is 48.3 Å². The molecule has 0 radical (unpaired) electrons. The second-order valence-corrected chi connectivity index (χ2v) is 8.75. The number of nitrogens with zero attached hydrogens (tertiary/aromatic N) is 6. The predicted molar refractivity (Wildman–Crippen MR) is 136 cm³/mol. The number of hydrogen-bond acceptors (Lipinski definition) is 8. The quantitative estimate of drug-likeness (QED) is 0.316. The highest BCUT2D eigenvalue weighted by Crippen LogP contribution is 2.31. The van der Waals surface area contributed by atoms with Crippen LogP contribution in [0.1, 0.15) is 5.69 Å². The minimum Gasteiger partial charge on any atom is -0.379 e. The molecule has 1 saturated heterocycles. The lowest BCUT2D eigenvalue weighted by Crippen LogP contribution is -2.35. The summed E-state index contributed by atoms with van der Waals surface area (Å²) in [4.78, 5) is 18.0. The first kappa shape index (κ1) is 23.1. The van der Waals surface area contributed by atoms with Crippen LogP contribution in [0.3, 0.4) is 0 Å². The molecule has 0 unspecified atom stereocenters. The fraction of sp³-hybridized carbons (Fsp3) is 0.240. The van der Waals surface area contributed by atoms with Gasteiger partial charge in [0.15, 0.2) is 0 Å². The summed E-state index contributed by atoms with van der Waals surface area (Å²) in [6, 6.07) is 13.3. The first-order valence-electron chi connectivity index (χ1n) is 11.3. The van der Waals surface area contributed by atoms with Crippen molar-refractivity contribution in [1.29, 1.82) is 10.8 Å². The van der Waals surface area contributed by atoms with Crippen LogP contribution in [0.4, 0.5) is 11.5 Å². The largest absolute Gasteiger partial charge is 0.379 e. The van der Waals surface area contributed by atoms with Crippen molar-refractivity contribution in [2.24, 2.45) is 0 Å². The number of nitrogens with one attached hydrogen (secondary N) is 2. The standard InChI is InChI=1S/C25H25ClN8O/c1-32(24-21-6-5-18(26)12-23(21)34(16-27)25(28)31-24)20-4-2-3-17(11-20)22-14-29-19(13-30-22)15-33-7-9-35-10-8-33/h2-6,11-14,16,27-28H,7-10,15H2,1H3. The summed E-state index contributed by atoms with van der Waals surface area (Å²) in [6.45, 7) is 4.10. The van der Waals surface area contributed by atoms with Gasteiger partial charge in [-0.25, -0.2) is 0 Å². The van der Waals surface area contributed by atoms with Crippen molar-refractivity contribution in [3.05, 3.63) is 71.2 Å². The van der Waals surface area contributed by atoms with Gasteiger partial charge in [0.25, 0.3) is 0 Å². The molecular formula is C25H25ClN8O. The van der Waals surface area contributed by atoms with Gasteiger partial charge in [-0.1, -0.05) is 23.7 Å². The van der Waals surface area contributed by atoms with Crippen LogP contribution in [0.15, 0.2) is 54.9 Å². The Morgan fingerprint density at radius 3 is 2.69 bits per heavy atom. The molecule has 178 valence electrons. The van der Waals surface area contributed by atoms with Gasteiger partial charge in [-0.2, -0.15) is 4.98 Å². The number of benzene rings is 2. The smallest absolute Gasteiger partial charge is 0.229 e. The summed E-state index contributed by atoms with van der Waals surface area (Å²) in [5.74, 6) is 0.601. The summed E-state index contributed by atoms with van der Waals surface area (Å²) in [6.07, 6.45) is 4.71.